The summed E-state index contributed by atoms with van der Waals surface area (Å²) < 4.78 is 7.27. The van der Waals surface area contributed by atoms with Crippen molar-refractivity contribution in [2.45, 2.75) is 6.61 Å². The number of carboxylic acids is 1. The van der Waals surface area contributed by atoms with Gasteiger partial charge >= 0.3 is 5.97 Å². The molecule has 0 atom stereocenters. The number of rotatable bonds is 4. The van der Waals surface area contributed by atoms with E-state index in [2.05, 4.69) is 15.0 Å². The van der Waals surface area contributed by atoms with Crippen LogP contribution >= 0.6 is 0 Å². The lowest BCUT2D eigenvalue weighted by Crippen LogP contribution is -2.00. The van der Waals surface area contributed by atoms with Crippen LogP contribution in [0.1, 0.15) is 16.1 Å². The molecule has 0 amide bonds. The molecule has 3 aromatic rings. The van der Waals surface area contributed by atoms with Gasteiger partial charge in [-0.3, -0.25) is 9.38 Å². The second-order valence-electron chi connectivity index (χ2n) is 4.06. The summed E-state index contributed by atoms with van der Waals surface area (Å²) in [6.45, 7) is 0.216. The molecule has 0 saturated carbocycles. The van der Waals surface area contributed by atoms with E-state index in [1.54, 1.807) is 22.9 Å². The Morgan fingerprint density at radius 3 is 3.10 bits per heavy atom. The van der Waals surface area contributed by atoms with Crippen molar-refractivity contribution in [1.29, 1.82) is 0 Å². The maximum absolute atomic E-state index is 10.8. The van der Waals surface area contributed by atoms with Crippen molar-refractivity contribution in [2.24, 2.45) is 0 Å². The van der Waals surface area contributed by atoms with Gasteiger partial charge in [-0.1, -0.05) is 0 Å². The second-order valence-corrected chi connectivity index (χ2v) is 4.06. The van der Waals surface area contributed by atoms with E-state index in [1.165, 1.54) is 18.5 Å². The summed E-state index contributed by atoms with van der Waals surface area (Å²) in [6, 6.07) is 3.23. The number of hydrogen-bond donors (Lipinski definition) is 1. The molecule has 100 valence electrons. The summed E-state index contributed by atoms with van der Waals surface area (Å²) in [7, 11) is 0. The van der Waals surface area contributed by atoms with Gasteiger partial charge in [0, 0.05) is 24.8 Å². The van der Waals surface area contributed by atoms with Crippen molar-refractivity contribution in [3.8, 4) is 5.75 Å². The number of aromatic carboxylic acids is 1. The number of pyridine rings is 1. The van der Waals surface area contributed by atoms with Crippen LogP contribution in [-0.2, 0) is 6.61 Å². The molecule has 0 saturated heterocycles. The van der Waals surface area contributed by atoms with E-state index >= 15 is 0 Å². The third kappa shape index (κ3) is 2.41. The summed E-state index contributed by atoms with van der Waals surface area (Å²) >= 11 is 0. The Morgan fingerprint density at radius 1 is 1.40 bits per heavy atom. The van der Waals surface area contributed by atoms with Gasteiger partial charge < -0.3 is 9.84 Å². The van der Waals surface area contributed by atoms with Gasteiger partial charge in [0.25, 0.3) is 0 Å². The minimum atomic E-state index is -1.04. The van der Waals surface area contributed by atoms with E-state index in [1.807, 2.05) is 6.20 Å². The fraction of sp³-hybridized carbons (Fsp3) is 0.0769. The minimum absolute atomic E-state index is 0.0826. The summed E-state index contributed by atoms with van der Waals surface area (Å²) in [4.78, 5) is 23.0. The predicted octanol–water partition coefficient (Wildman–Crippen LogP) is 1.40. The van der Waals surface area contributed by atoms with Crippen LogP contribution in [0.2, 0.25) is 0 Å². The highest BCUT2D eigenvalue weighted by Crippen LogP contribution is 2.13. The maximum Gasteiger partial charge on any atom is 0.337 e. The number of ether oxygens (including phenoxy) is 1. The lowest BCUT2D eigenvalue weighted by molar-refractivity contribution is 0.0696. The number of imidazole rings is 1. The van der Waals surface area contributed by atoms with Gasteiger partial charge in [-0.25, -0.2) is 14.8 Å². The van der Waals surface area contributed by atoms with Crippen molar-refractivity contribution in [3.05, 3.63) is 54.4 Å². The number of nitrogens with zero attached hydrogens (tertiary/aromatic N) is 4. The fourth-order valence-electron chi connectivity index (χ4n) is 1.72. The van der Waals surface area contributed by atoms with Gasteiger partial charge in [0.2, 0.25) is 5.78 Å². The quantitative estimate of drug-likeness (QED) is 0.770. The SMILES string of the molecule is O=C(O)c1cncc(OCc2cn3cccnc3n2)c1. The third-order valence-corrected chi connectivity index (χ3v) is 2.63. The van der Waals surface area contributed by atoms with E-state index < -0.39 is 5.97 Å². The number of carbonyl (C=O) groups is 1. The molecular formula is C13H10N4O3. The molecule has 1 N–H and O–H groups in total. The molecule has 0 fully saturated rings. The van der Waals surface area contributed by atoms with E-state index in [0.717, 1.165) is 0 Å². The first-order valence-electron chi connectivity index (χ1n) is 5.82. The van der Waals surface area contributed by atoms with Gasteiger partial charge in [-0.2, -0.15) is 0 Å². The molecule has 0 spiro atoms. The Hall–Kier alpha value is -2.96. The van der Waals surface area contributed by atoms with Crippen LogP contribution in [-0.4, -0.2) is 30.4 Å². The summed E-state index contributed by atoms with van der Waals surface area (Å²) in [6.07, 6.45) is 8.03. The molecular weight excluding hydrogens is 260 g/mol. The molecule has 0 unspecified atom stereocenters. The standard InChI is InChI=1S/C13H10N4O3/c18-12(19)9-4-11(6-14-5-9)20-8-10-7-17-3-1-2-15-13(17)16-10/h1-7H,8H2,(H,18,19). The molecule has 3 heterocycles. The molecule has 0 aliphatic heterocycles. The van der Waals surface area contributed by atoms with Gasteiger partial charge in [0.15, 0.2) is 0 Å². The highest BCUT2D eigenvalue weighted by molar-refractivity contribution is 5.87. The molecule has 7 heteroatoms. The van der Waals surface area contributed by atoms with Crippen LogP contribution in [0.15, 0.2) is 43.1 Å². The first-order chi connectivity index (χ1) is 9.72. The first-order valence-corrected chi connectivity index (χ1v) is 5.82. The van der Waals surface area contributed by atoms with Gasteiger partial charge in [0.05, 0.1) is 17.5 Å². The Balaban J connectivity index is 1.75. The number of hydrogen-bond acceptors (Lipinski definition) is 5. The molecule has 3 rings (SSSR count). The zero-order valence-electron chi connectivity index (χ0n) is 10.3. The van der Waals surface area contributed by atoms with Crippen LogP contribution in [0.4, 0.5) is 0 Å². The number of aromatic nitrogens is 4. The van der Waals surface area contributed by atoms with Crippen molar-refractivity contribution in [2.75, 3.05) is 0 Å². The molecule has 0 aliphatic carbocycles. The number of carboxylic acid groups (broad SMARTS) is 1. The molecule has 0 radical (unpaired) electrons. The lowest BCUT2D eigenvalue weighted by atomic mass is 10.3. The third-order valence-electron chi connectivity index (χ3n) is 2.63. The van der Waals surface area contributed by atoms with Gasteiger partial charge in [0.1, 0.15) is 12.4 Å². The van der Waals surface area contributed by atoms with Crippen molar-refractivity contribution in [3.63, 3.8) is 0 Å². The first kappa shape index (κ1) is 12.1. The van der Waals surface area contributed by atoms with Crippen LogP contribution in [0.5, 0.6) is 5.75 Å². The molecule has 0 bridgehead atoms. The number of fused-ring (bicyclic) bond motifs is 1. The molecule has 7 nitrogen and oxygen atoms in total. The van der Waals surface area contributed by atoms with E-state index in [4.69, 9.17) is 9.84 Å². The average molecular weight is 270 g/mol. The molecule has 0 aromatic carbocycles. The smallest absolute Gasteiger partial charge is 0.337 e. The zero-order chi connectivity index (χ0) is 13.9. The minimum Gasteiger partial charge on any atom is -0.486 e. The zero-order valence-corrected chi connectivity index (χ0v) is 10.3. The monoisotopic (exact) mass is 270 g/mol. The topological polar surface area (TPSA) is 89.6 Å². The van der Waals surface area contributed by atoms with Crippen LogP contribution in [0.3, 0.4) is 0 Å². The van der Waals surface area contributed by atoms with Crippen LogP contribution < -0.4 is 4.74 Å². The Kier molecular flexibility index (Phi) is 3.00. The van der Waals surface area contributed by atoms with Gasteiger partial charge in [-0.05, 0) is 12.1 Å². The Labute approximate surface area is 113 Å². The maximum atomic E-state index is 10.8. The van der Waals surface area contributed by atoms with Crippen molar-refractivity contribution < 1.29 is 14.6 Å². The summed E-state index contributed by atoms with van der Waals surface area (Å²) in [5, 5.41) is 8.87. The molecule has 0 aliphatic rings. The van der Waals surface area contributed by atoms with Crippen LogP contribution in [0.25, 0.3) is 5.78 Å². The van der Waals surface area contributed by atoms with Gasteiger partial charge in [-0.15, -0.1) is 0 Å². The molecule has 20 heavy (non-hydrogen) atoms. The molecule has 3 aromatic heterocycles. The summed E-state index contributed by atoms with van der Waals surface area (Å²) in [5.41, 5.74) is 0.781. The van der Waals surface area contributed by atoms with Crippen LogP contribution in [0, 0.1) is 0 Å². The predicted molar refractivity (Wildman–Crippen MR) is 68.5 cm³/mol. The van der Waals surface area contributed by atoms with E-state index in [-0.39, 0.29) is 12.2 Å². The normalized spacial score (nSPS) is 10.6. The van der Waals surface area contributed by atoms with E-state index in [9.17, 15) is 4.79 Å². The van der Waals surface area contributed by atoms with Crippen molar-refractivity contribution in [1.82, 2.24) is 19.4 Å². The lowest BCUT2D eigenvalue weighted by Gasteiger charge is -2.03. The Morgan fingerprint density at radius 2 is 2.30 bits per heavy atom. The Bertz CT molecular complexity index is 736. The van der Waals surface area contributed by atoms with E-state index in [0.29, 0.717) is 17.2 Å². The fourth-order valence-corrected chi connectivity index (χ4v) is 1.72. The highest BCUT2D eigenvalue weighted by Gasteiger charge is 2.06. The summed E-state index contributed by atoms with van der Waals surface area (Å²) in [5.74, 6) is -0.0710. The second kappa shape index (κ2) is 4.96. The largest absolute Gasteiger partial charge is 0.486 e. The average Bonchev–Trinajstić information content (AvgIpc) is 2.88. The highest BCUT2D eigenvalue weighted by atomic mass is 16.5. The van der Waals surface area contributed by atoms with Crippen molar-refractivity contribution >= 4 is 11.7 Å².